The molecule has 0 bridgehead atoms. The smallest absolute Gasteiger partial charge is 0.215 e. The monoisotopic (exact) mass is 204 g/mol. The van der Waals surface area contributed by atoms with Gasteiger partial charge in [0.15, 0.2) is 0 Å². The Kier molecular flexibility index (Phi) is 3.47. The molecule has 0 atom stereocenters. The minimum atomic E-state index is -3.13. The van der Waals surface area contributed by atoms with E-state index in [1.54, 1.807) is 6.08 Å². The van der Waals surface area contributed by atoms with E-state index in [0.717, 1.165) is 12.8 Å². The number of nitrogens with two attached hydrogens (primary N) is 1. The third-order valence-electron chi connectivity index (χ3n) is 2.00. The average Bonchev–Trinajstić information content (AvgIpc) is 2.82. The van der Waals surface area contributed by atoms with Crippen molar-refractivity contribution in [3.8, 4) is 0 Å². The van der Waals surface area contributed by atoms with Crippen LogP contribution in [-0.2, 0) is 10.0 Å². The van der Waals surface area contributed by atoms with Gasteiger partial charge in [-0.1, -0.05) is 6.08 Å². The lowest BCUT2D eigenvalue weighted by Crippen LogP contribution is -2.37. The van der Waals surface area contributed by atoms with E-state index in [1.807, 2.05) is 0 Å². The summed E-state index contributed by atoms with van der Waals surface area (Å²) < 4.78 is 24.7. The van der Waals surface area contributed by atoms with Crippen molar-refractivity contribution >= 4 is 10.0 Å². The van der Waals surface area contributed by atoms with Crippen molar-refractivity contribution in [1.82, 2.24) is 4.31 Å². The Balaban J connectivity index is 2.67. The van der Waals surface area contributed by atoms with Crippen LogP contribution in [0, 0.1) is 0 Å². The number of hydrogen-bond donors (Lipinski definition) is 1. The van der Waals surface area contributed by atoms with Gasteiger partial charge in [-0.05, 0) is 12.8 Å². The molecule has 0 heterocycles. The van der Waals surface area contributed by atoms with Gasteiger partial charge in [-0.15, -0.1) is 6.58 Å². The molecule has 4 nitrogen and oxygen atoms in total. The van der Waals surface area contributed by atoms with Gasteiger partial charge in [-0.3, -0.25) is 0 Å². The second-order valence-electron chi connectivity index (χ2n) is 3.19. The molecule has 0 saturated heterocycles. The highest BCUT2D eigenvalue weighted by atomic mass is 32.2. The zero-order valence-electron chi connectivity index (χ0n) is 7.65. The molecule has 0 unspecified atom stereocenters. The Bertz CT molecular complexity index is 270. The van der Waals surface area contributed by atoms with Gasteiger partial charge < -0.3 is 5.73 Å². The van der Waals surface area contributed by atoms with Crippen LogP contribution in [0.5, 0.6) is 0 Å². The lowest BCUT2D eigenvalue weighted by molar-refractivity contribution is 0.436. The minimum absolute atomic E-state index is 0.0390. The molecule has 0 amide bonds. The van der Waals surface area contributed by atoms with Gasteiger partial charge in [0, 0.05) is 19.1 Å². The summed E-state index contributed by atoms with van der Waals surface area (Å²) in [5.41, 5.74) is 5.24. The highest BCUT2D eigenvalue weighted by molar-refractivity contribution is 7.89. The molecule has 76 valence electrons. The molecule has 5 heteroatoms. The molecule has 0 aromatic heterocycles. The lowest BCUT2D eigenvalue weighted by Gasteiger charge is -2.19. The fraction of sp³-hybridized carbons (Fsp3) is 0.750. The Morgan fingerprint density at radius 3 is 2.54 bits per heavy atom. The van der Waals surface area contributed by atoms with Gasteiger partial charge in [-0.25, -0.2) is 8.42 Å². The zero-order chi connectivity index (χ0) is 9.90. The van der Waals surface area contributed by atoms with Crippen molar-refractivity contribution in [2.45, 2.75) is 18.9 Å². The van der Waals surface area contributed by atoms with Crippen LogP contribution in [0.4, 0.5) is 0 Å². The van der Waals surface area contributed by atoms with E-state index in [2.05, 4.69) is 6.58 Å². The molecular weight excluding hydrogens is 188 g/mol. The van der Waals surface area contributed by atoms with Crippen LogP contribution >= 0.6 is 0 Å². The molecule has 13 heavy (non-hydrogen) atoms. The average molecular weight is 204 g/mol. The normalized spacial score (nSPS) is 17.7. The Morgan fingerprint density at radius 2 is 2.15 bits per heavy atom. The summed E-state index contributed by atoms with van der Waals surface area (Å²) in [6.07, 6.45) is 3.56. The summed E-state index contributed by atoms with van der Waals surface area (Å²) >= 11 is 0. The van der Waals surface area contributed by atoms with Crippen LogP contribution in [0.3, 0.4) is 0 Å². The SMILES string of the molecule is C=CCN(C1CC1)S(=O)(=O)CCN. The van der Waals surface area contributed by atoms with Gasteiger partial charge in [0.25, 0.3) is 0 Å². The molecule has 0 radical (unpaired) electrons. The standard InChI is InChI=1S/C8H16N2O2S/c1-2-6-10(8-3-4-8)13(11,12)7-5-9/h2,8H,1,3-7,9H2. The topological polar surface area (TPSA) is 63.4 Å². The molecule has 1 aliphatic carbocycles. The van der Waals surface area contributed by atoms with Gasteiger partial charge in [-0.2, -0.15) is 4.31 Å². The van der Waals surface area contributed by atoms with Crippen LogP contribution in [0.1, 0.15) is 12.8 Å². The largest absolute Gasteiger partial charge is 0.329 e. The van der Waals surface area contributed by atoms with E-state index >= 15 is 0 Å². The van der Waals surface area contributed by atoms with Gasteiger partial charge in [0.05, 0.1) is 5.75 Å². The Morgan fingerprint density at radius 1 is 1.54 bits per heavy atom. The van der Waals surface area contributed by atoms with E-state index in [1.165, 1.54) is 4.31 Å². The first-order chi connectivity index (χ1) is 6.11. The zero-order valence-corrected chi connectivity index (χ0v) is 8.46. The summed E-state index contributed by atoms with van der Waals surface area (Å²) in [5, 5.41) is 0. The maximum absolute atomic E-state index is 11.6. The van der Waals surface area contributed by atoms with Gasteiger partial charge >= 0.3 is 0 Å². The van der Waals surface area contributed by atoms with Crippen molar-refractivity contribution in [3.63, 3.8) is 0 Å². The molecule has 0 aromatic rings. The van der Waals surface area contributed by atoms with Crippen molar-refractivity contribution in [2.24, 2.45) is 5.73 Å². The van der Waals surface area contributed by atoms with Crippen LogP contribution in [0.25, 0.3) is 0 Å². The Labute approximate surface area is 79.5 Å². The molecular formula is C8H16N2O2S. The van der Waals surface area contributed by atoms with Crippen molar-refractivity contribution in [3.05, 3.63) is 12.7 Å². The predicted octanol–water partition coefficient (Wildman–Crippen LogP) is -0.0747. The van der Waals surface area contributed by atoms with Crippen LogP contribution in [0.2, 0.25) is 0 Å². The van der Waals surface area contributed by atoms with E-state index < -0.39 is 10.0 Å². The molecule has 2 N–H and O–H groups in total. The fourth-order valence-corrected chi connectivity index (χ4v) is 2.78. The summed E-state index contributed by atoms with van der Waals surface area (Å²) in [6, 6.07) is 0.203. The minimum Gasteiger partial charge on any atom is -0.329 e. The summed E-state index contributed by atoms with van der Waals surface area (Å²) in [7, 11) is -3.13. The number of hydrogen-bond acceptors (Lipinski definition) is 3. The quantitative estimate of drug-likeness (QED) is 0.616. The number of nitrogens with zero attached hydrogens (tertiary/aromatic N) is 1. The summed E-state index contributed by atoms with van der Waals surface area (Å²) in [6.45, 7) is 4.14. The second-order valence-corrected chi connectivity index (χ2v) is 5.24. The van der Waals surface area contributed by atoms with E-state index in [0.29, 0.717) is 6.54 Å². The highest BCUT2D eigenvalue weighted by Crippen LogP contribution is 2.29. The first-order valence-electron chi connectivity index (χ1n) is 4.42. The van der Waals surface area contributed by atoms with Crippen LogP contribution < -0.4 is 5.73 Å². The fourth-order valence-electron chi connectivity index (χ4n) is 1.25. The molecule has 0 spiro atoms. The molecule has 0 aliphatic heterocycles. The van der Waals surface area contributed by atoms with Crippen molar-refractivity contribution in [1.29, 1.82) is 0 Å². The summed E-state index contributed by atoms with van der Waals surface area (Å²) in [4.78, 5) is 0. The number of rotatable bonds is 6. The van der Waals surface area contributed by atoms with Crippen molar-refractivity contribution in [2.75, 3.05) is 18.8 Å². The van der Waals surface area contributed by atoms with Crippen molar-refractivity contribution < 1.29 is 8.42 Å². The Hall–Kier alpha value is -0.390. The third kappa shape index (κ3) is 2.79. The maximum Gasteiger partial charge on any atom is 0.215 e. The van der Waals surface area contributed by atoms with Gasteiger partial charge in [0.2, 0.25) is 10.0 Å². The predicted molar refractivity (Wildman–Crippen MR) is 52.8 cm³/mol. The molecule has 1 fully saturated rings. The van der Waals surface area contributed by atoms with Gasteiger partial charge in [0.1, 0.15) is 0 Å². The highest BCUT2D eigenvalue weighted by Gasteiger charge is 2.35. The number of sulfonamides is 1. The summed E-state index contributed by atoms with van der Waals surface area (Å²) in [5.74, 6) is 0.0390. The van der Waals surface area contributed by atoms with Crippen LogP contribution in [-0.4, -0.2) is 37.6 Å². The molecule has 1 aliphatic rings. The lowest BCUT2D eigenvalue weighted by atomic mass is 10.6. The third-order valence-corrected chi connectivity index (χ3v) is 3.91. The first-order valence-corrected chi connectivity index (χ1v) is 6.03. The first kappa shape index (κ1) is 10.7. The van der Waals surface area contributed by atoms with E-state index in [9.17, 15) is 8.42 Å². The molecule has 0 aromatic carbocycles. The van der Waals surface area contributed by atoms with E-state index in [4.69, 9.17) is 5.73 Å². The molecule has 1 saturated carbocycles. The molecule has 1 rings (SSSR count). The van der Waals surface area contributed by atoms with Crippen LogP contribution in [0.15, 0.2) is 12.7 Å². The maximum atomic E-state index is 11.6. The second kappa shape index (κ2) is 4.21. The van der Waals surface area contributed by atoms with E-state index in [-0.39, 0.29) is 18.3 Å².